The summed E-state index contributed by atoms with van der Waals surface area (Å²) in [7, 11) is 0. The van der Waals surface area contributed by atoms with Crippen molar-refractivity contribution in [2.24, 2.45) is 0 Å². The first-order valence-corrected chi connectivity index (χ1v) is 8.78. The van der Waals surface area contributed by atoms with Gasteiger partial charge in [-0.25, -0.2) is 14.2 Å². The molecule has 4 rings (SSSR count). The van der Waals surface area contributed by atoms with Crippen LogP contribution in [0.2, 0.25) is 0 Å². The average molecular weight is 393 g/mol. The monoisotopic (exact) mass is 393 g/mol. The number of hydrogen-bond acceptors (Lipinski definition) is 6. The van der Waals surface area contributed by atoms with Gasteiger partial charge in [-0.3, -0.25) is 4.98 Å². The van der Waals surface area contributed by atoms with Gasteiger partial charge in [0, 0.05) is 24.1 Å². The summed E-state index contributed by atoms with van der Waals surface area (Å²) in [6.07, 6.45) is 0.410. The van der Waals surface area contributed by atoms with Gasteiger partial charge in [0.25, 0.3) is 0 Å². The molecular formula is C20H16FN5O3. The highest BCUT2D eigenvalue weighted by atomic mass is 19.1. The van der Waals surface area contributed by atoms with E-state index in [1.807, 2.05) is 0 Å². The van der Waals surface area contributed by atoms with E-state index < -0.39 is 18.0 Å². The number of amides is 1. The van der Waals surface area contributed by atoms with Gasteiger partial charge in [0.2, 0.25) is 11.8 Å². The summed E-state index contributed by atoms with van der Waals surface area (Å²) in [6.45, 7) is 3.32. The van der Waals surface area contributed by atoms with Gasteiger partial charge >= 0.3 is 6.09 Å². The number of carboxylic acid groups (broad SMARTS) is 1. The number of rotatable bonds is 4. The van der Waals surface area contributed by atoms with Crippen LogP contribution in [0, 0.1) is 12.7 Å². The van der Waals surface area contributed by atoms with Crippen molar-refractivity contribution >= 4 is 17.0 Å². The lowest BCUT2D eigenvalue weighted by molar-refractivity contribution is 0.190. The summed E-state index contributed by atoms with van der Waals surface area (Å²) in [5.74, 6) is 0.0599. The van der Waals surface area contributed by atoms with Crippen molar-refractivity contribution in [3.63, 3.8) is 0 Å². The fourth-order valence-corrected chi connectivity index (χ4v) is 3.21. The highest BCUT2D eigenvalue weighted by molar-refractivity contribution is 6.01. The van der Waals surface area contributed by atoms with E-state index >= 15 is 0 Å². The molecule has 0 aliphatic carbocycles. The normalized spacial score (nSPS) is 12.1. The fraction of sp³-hybridized carbons (Fsp3) is 0.150. The van der Waals surface area contributed by atoms with Crippen molar-refractivity contribution in [1.82, 2.24) is 25.5 Å². The Morgan fingerprint density at radius 1 is 1.21 bits per heavy atom. The summed E-state index contributed by atoms with van der Waals surface area (Å²) in [4.78, 5) is 20.3. The van der Waals surface area contributed by atoms with Crippen LogP contribution in [-0.2, 0) is 0 Å². The van der Waals surface area contributed by atoms with Crippen molar-refractivity contribution in [1.29, 1.82) is 0 Å². The third kappa shape index (κ3) is 3.49. The molecule has 9 heteroatoms. The molecular weight excluding hydrogens is 377 g/mol. The molecule has 0 aliphatic rings. The van der Waals surface area contributed by atoms with Crippen LogP contribution in [-0.4, -0.2) is 31.4 Å². The van der Waals surface area contributed by atoms with Gasteiger partial charge in [0.1, 0.15) is 5.82 Å². The summed E-state index contributed by atoms with van der Waals surface area (Å²) in [6, 6.07) is 8.78. The van der Waals surface area contributed by atoms with Crippen molar-refractivity contribution < 1.29 is 18.7 Å². The first-order chi connectivity index (χ1) is 13.9. The van der Waals surface area contributed by atoms with Crippen LogP contribution in [0.15, 0.2) is 47.0 Å². The average Bonchev–Trinajstić information content (AvgIpc) is 3.12. The quantitative estimate of drug-likeness (QED) is 0.536. The second kappa shape index (κ2) is 7.27. The van der Waals surface area contributed by atoms with Gasteiger partial charge in [-0.2, -0.15) is 0 Å². The maximum absolute atomic E-state index is 14.1. The van der Waals surface area contributed by atoms with Crippen LogP contribution in [0.1, 0.15) is 24.6 Å². The first-order valence-electron chi connectivity index (χ1n) is 8.78. The number of nitrogens with zero attached hydrogens (tertiary/aromatic N) is 4. The molecule has 2 N–H and O–H groups in total. The van der Waals surface area contributed by atoms with Gasteiger partial charge in [0.15, 0.2) is 0 Å². The lowest BCUT2D eigenvalue weighted by Gasteiger charge is -2.19. The summed E-state index contributed by atoms with van der Waals surface area (Å²) >= 11 is 0. The Hall–Kier alpha value is -3.88. The van der Waals surface area contributed by atoms with Crippen LogP contribution in [0.3, 0.4) is 0 Å². The molecule has 1 unspecified atom stereocenters. The number of halogens is 1. The molecule has 3 aromatic heterocycles. The number of benzene rings is 1. The Kier molecular flexibility index (Phi) is 4.63. The van der Waals surface area contributed by atoms with Crippen molar-refractivity contribution in [3.05, 3.63) is 60.0 Å². The van der Waals surface area contributed by atoms with Crippen molar-refractivity contribution in [2.45, 2.75) is 19.9 Å². The smallest absolute Gasteiger partial charge is 0.405 e. The number of aromatic nitrogens is 4. The second-order valence-corrected chi connectivity index (χ2v) is 6.42. The number of hydrogen-bond donors (Lipinski definition) is 2. The molecule has 4 aromatic rings. The van der Waals surface area contributed by atoms with Crippen LogP contribution < -0.4 is 5.32 Å². The molecule has 3 heterocycles. The molecule has 0 bridgehead atoms. The minimum Gasteiger partial charge on any atom is -0.465 e. The maximum atomic E-state index is 14.1. The molecule has 1 atom stereocenters. The SMILES string of the molecule is Cc1nnc(-c2c(-c3ccccn3)c(C(C)NC(=O)O)nc3ccc(F)cc23)o1. The highest BCUT2D eigenvalue weighted by Crippen LogP contribution is 2.40. The topological polar surface area (TPSA) is 114 Å². The second-order valence-electron chi connectivity index (χ2n) is 6.42. The molecule has 0 radical (unpaired) electrons. The number of nitrogens with one attached hydrogen (secondary N) is 1. The van der Waals surface area contributed by atoms with Gasteiger partial charge in [-0.1, -0.05) is 6.07 Å². The van der Waals surface area contributed by atoms with E-state index in [0.29, 0.717) is 39.3 Å². The van der Waals surface area contributed by atoms with Crippen molar-refractivity contribution in [2.75, 3.05) is 0 Å². The van der Waals surface area contributed by atoms with Crippen molar-refractivity contribution in [3.8, 4) is 22.7 Å². The fourth-order valence-electron chi connectivity index (χ4n) is 3.21. The highest BCUT2D eigenvalue weighted by Gasteiger charge is 2.26. The molecule has 29 heavy (non-hydrogen) atoms. The standard InChI is InChI=1S/C20H16FN5O3/c1-10(23-20(27)28)18-17(15-5-3-4-8-22-15)16(19-26-25-11(2)29-19)13-9-12(21)6-7-14(13)24-18/h3-10,23H,1-2H3,(H,27,28). The predicted molar refractivity (Wildman–Crippen MR) is 103 cm³/mol. The minimum absolute atomic E-state index is 0.171. The largest absolute Gasteiger partial charge is 0.465 e. The summed E-state index contributed by atoms with van der Waals surface area (Å²) in [5, 5.41) is 20.1. The number of carbonyl (C=O) groups is 1. The van der Waals surface area contributed by atoms with Crippen LogP contribution in [0.5, 0.6) is 0 Å². The Bertz CT molecular complexity index is 1210. The van der Waals surface area contributed by atoms with Crippen LogP contribution in [0.4, 0.5) is 9.18 Å². The minimum atomic E-state index is -1.19. The number of fused-ring (bicyclic) bond motifs is 1. The molecule has 0 saturated heterocycles. The number of aryl methyl sites for hydroxylation is 1. The third-order valence-corrected chi connectivity index (χ3v) is 4.39. The van der Waals surface area contributed by atoms with Gasteiger partial charge in [-0.05, 0) is 37.3 Å². The zero-order chi connectivity index (χ0) is 20.5. The van der Waals surface area contributed by atoms with Crippen LogP contribution in [0.25, 0.3) is 33.6 Å². The molecule has 1 aromatic carbocycles. The van der Waals surface area contributed by atoms with E-state index in [1.165, 1.54) is 18.2 Å². The predicted octanol–water partition coefficient (Wildman–Crippen LogP) is 4.12. The van der Waals surface area contributed by atoms with E-state index in [0.717, 1.165) is 0 Å². The molecule has 0 spiro atoms. The lowest BCUT2D eigenvalue weighted by Crippen LogP contribution is -2.26. The summed E-state index contributed by atoms with van der Waals surface area (Å²) in [5.41, 5.74) is 2.34. The Labute approximate surface area is 164 Å². The molecule has 8 nitrogen and oxygen atoms in total. The zero-order valence-corrected chi connectivity index (χ0v) is 15.5. The van der Waals surface area contributed by atoms with Gasteiger partial charge < -0.3 is 14.8 Å². The molecule has 0 aliphatic heterocycles. The van der Waals surface area contributed by atoms with E-state index in [2.05, 4.69) is 25.5 Å². The molecule has 146 valence electrons. The zero-order valence-electron chi connectivity index (χ0n) is 15.5. The molecule has 1 amide bonds. The first kappa shape index (κ1) is 18.5. The van der Waals surface area contributed by atoms with Gasteiger partial charge in [-0.15, -0.1) is 10.2 Å². The molecule has 0 saturated carbocycles. The van der Waals surface area contributed by atoms with E-state index in [-0.39, 0.29) is 5.89 Å². The molecule has 0 fully saturated rings. The lowest BCUT2D eigenvalue weighted by atomic mass is 9.94. The Morgan fingerprint density at radius 3 is 2.69 bits per heavy atom. The Morgan fingerprint density at radius 2 is 2.03 bits per heavy atom. The van der Waals surface area contributed by atoms with E-state index in [1.54, 1.807) is 38.2 Å². The van der Waals surface area contributed by atoms with E-state index in [9.17, 15) is 14.3 Å². The summed E-state index contributed by atoms with van der Waals surface area (Å²) < 4.78 is 19.8. The van der Waals surface area contributed by atoms with Gasteiger partial charge in [0.05, 0.1) is 28.5 Å². The maximum Gasteiger partial charge on any atom is 0.405 e. The number of pyridine rings is 2. The van der Waals surface area contributed by atoms with Crippen LogP contribution >= 0.6 is 0 Å². The Balaban J connectivity index is 2.14. The third-order valence-electron chi connectivity index (χ3n) is 4.39. The van der Waals surface area contributed by atoms with E-state index in [4.69, 9.17) is 4.42 Å².